The van der Waals surface area contributed by atoms with Crippen molar-refractivity contribution in [3.05, 3.63) is 70.8 Å². The number of fused-ring (bicyclic) bond motifs is 1. The largest absolute Gasteiger partial charge is 0.467 e. The summed E-state index contributed by atoms with van der Waals surface area (Å²) in [6, 6.07) is 14.5. The molecule has 0 radical (unpaired) electrons. The van der Waals surface area contributed by atoms with Crippen LogP contribution in [-0.2, 0) is 14.3 Å². The lowest BCUT2D eigenvalue weighted by molar-refractivity contribution is -0.152. The number of urea groups is 1. The molecule has 0 bridgehead atoms. The molecule has 9 nitrogen and oxygen atoms in total. The molecule has 41 heavy (non-hydrogen) atoms. The number of nitrogens with zero attached hydrogens (tertiary/aromatic N) is 1. The van der Waals surface area contributed by atoms with Crippen LogP contribution in [0, 0.1) is 20.8 Å². The maximum absolute atomic E-state index is 13.8. The number of aryl methyl sites for hydroxylation is 3. The van der Waals surface area contributed by atoms with Crippen LogP contribution in [0.25, 0.3) is 10.8 Å². The molecule has 4 amide bonds. The third-order valence-corrected chi connectivity index (χ3v) is 7.66. The van der Waals surface area contributed by atoms with Crippen molar-refractivity contribution in [3.8, 4) is 0 Å². The van der Waals surface area contributed by atoms with Gasteiger partial charge in [0.1, 0.15) is 5.54 Å². The minimum absolute atomic E-state index is 0.0309. The summed E-state index contributed by atoms with van der Waals surface area (Å²) in [4.78, 5) is 54.2. The SMILES string of the molecule is CCCC(=O)N1CCC(NC(=O)c2cc3ccccc3cc2NC(=O)Nc2c(C)cc(C)cc2C)(C(=O)OC)CC1. The Labute approximate surface area is 240 Å². The Hall–Kier alpha value is -4.40. The van der Waals surface area contributed by atoms with Crippen LogP contribution in [0.2, 0.25) is 0 Å². The van der Waals surface area contributed by atoms with Crippen LogP contribution >= 0.6 is 0 Å². The fourth-order valence-electron chi connectivity index (χ4n) is 5.55. The molecule has 216 valence electrons. The zero-order valence-electron chi connectivity index (χ0n) is 24.3. The summed E-state index contributed by atoms with van der Waals surface area (Å²) in [5.41, 5.74) is 2.88. The quantitative estimate of drug-likeness (QED) is 0.333. The van der Waals surface area contributed by atoms with Crippen molar-refractivity contribution in [2.75, 3.05) is 30.8 Å². The number of anilines is 2. The number of hydrogen-bond donors (Lipinski definition) is 3. The molecular formula is C32H38N4O5. The van der Waals surface area contributed by atoms with Gasteiger partial charge in [-0.25, -0.2) is 9.59 Å². The Bertz CT molecular complexity index is 1470. The molecule has 3 aromatic carbocycles. The van der Waals surface area contributed by atoms with Gasteiger partial charge < -0.3 is 25.6 Å². The molecular weight excluding hydrogens is 520 g/mol. The average Bonchev–Trinajstić information content (AvgIpc) is 2.94. The van der Waals surface area contributed by atoms with Crippen LogP contribution in [0.15, 0.2) is 48.5 Å². The van der Waals surface area contributed by atoms with Crippen LogP contribution in [0.4, 0.5) is 16.2 Å². The van der Waals surface area contributed by atoms with E-state index in [0.717, 1.165) is 33.9 Å². The average molecular weight is 559 g/mol. The van der Waals surface area contributed by atoms with E-state index in [1.54, 1.807) is 17.0 Å². The predicted octanol–water partition coefficient (Wildman–Crippen LogP) is 5.47. The van der Waals surface area contributed by atoms with Gasteiger partial charge in [-0.3, -0.25) is 9.59 Å². The Morgan fingerprint density at radius 3 is 2.10 bits per heavy atom. The Kier molecular flexibility index (Phi) is 8.95. The van der Waals surface area contributed by atoms with Gasteiger partial charge in [-0.2, -0.15) is 0 Å². The van der Waals surface area contributed by atoms with Crippen LogP contribution in [-0.4, -0.2) is 54.5 Å². The molecule has 9 heteroatoms. The topological polar surface area (TPSA) is 117 Å². The van der Waals surface area contributed by atoms with Crippen molar-refractivity contribution < 1.29 is 23.9 Å². The van der Waals surface area contributed by atoms with E-state index in [4.69, 9.17) is 4.74 Å². The molecule has 0 unspecified atom stereocenters. The third kappa shape index (κ3) is 6.51. The lowest BCUT2D eigenvalue weighted by Crippen LogP contribution is -2.61. The van der Waals surface area contributed by atoms with Gasteiger partial charge in [-0.15, -0.1) is 0 Å². The predicted molar refractivity (Wildman–Crippen MR) is 160 cm³/mol. The van der Waals surface area contributed by atoms with Gasteiger partial charge in [0.2, 0.25) is 5.91 Å². The van der Waals surface area contributed by atoms with Crippen molar-refractivity contribution in [1.82, 2.24) is 10.2 Å². The van der Waals surface area contributed by atoms with Gasteiger partial charge in [-0.1, -0.05) is 48.9 Å². The Balaban J connectivity index is 1.63. The van der Waals surface area contributed by atoms with Gasteiger partial charge in [0.15, 0.2) is 0 Å². The number of nitrogens with one attached hydrogen (secondary N) is 3. The number of benzene rings is 3. The summed E-state index contributed by atoms with van der Waals surface area (Å²) < 4.78 is 5.10. The number of carbonyl (C=O) groups excluding carboxylic acids is 4. The fourth-order valence-corrected chi connectivity index (χ4v) is 5.55. The summed E-state index contributed by atoms with van der Waals surface area (Å²) in [5, 5.41) is 10.3. The number of piperidine rings is 1. The van der Waals surface area contributed by atoms with Crippen molar-refractivity contribution in [1.29, 1.82) is 0 Å². The van der Waals surface area contributed by atoms with Crippen LogP contribution in [0.3, 0.4) is 0 Å². The summed E-state index contributed by atoms with van der Waals surface area (Å²) in [5.74, 6) is -1.05. The first-order valence-corrected chi connectivity index (χ1v) is 13.9. The van der Waals surface area contributed by atoms with Gasteiger partial charge in [-0.05, 0) is 74.1 Å². The zero-order chi connectivity index (χ0) is 29.7. The number of carbonyl (C=O) groups is 4. The molecule has 0 spiro atoms. The van der Waals surface area contributed by atoms with Gasteiger partial charge in [0.05, 0.1) is 18.4 Å². The standard InChI is InChI=1S/C32H38N4O5/c1-6-9-27(37)36-14-12-32(13-15-36,30(39)41-5)35-29(38)25-18-23-10-7-8-11-24(23)19-26(25)33-31(40)34-28-21(3)16-20(2)17-22(28)4/h7-8,10-11,16-19H,6,9,12-15H2,1-5H3,(H,35,38)(H2,33,34,40). The highest BCUT2D eigenvalue weighted by Crippen LogP contribution is 2.29. The lowest BCUT2D eigenvalue weighted by Gasteiger charge is -2.40. The van der Waals surface area contributed by atoms with E-state index < -0.39 is 23.4 Å². The number of hydrogen-bond acceptors (Lipinski definition) is 5. The molecule has 3 N–H and O–H groups in total. The summed E-state index contributed by atoms with van der Waals surface area (Å²) in [7, 11) is 1.28. The summed E-state index contributed by atoms with van der Waals surface area (Å²) >= 11 is 0. The zero-order valence-corrected chi connectivity index (χ0v) is 24.3. The van der Waals surface area contributed by atoms with E-state index in [1.165, 1.54) is 7.11 Å². The van der Waals surface area contributed by atoms with E-state index >= 15 is 0 Å². The van der Waals surface area contributed by atoms with Crippen LogP contribution < -0.4 is 16.0 Å². The number of esters is 1. The summed E-state index contributed by atoms with van der Waals surface area (Å²) in [6.07, 6.45) is 1.63. The molecule has 1 aliphatic heterocycles. The van der Waals surface area contributed by atoms with E-state index in [9.17, 15) is 19.2 Å². The number of ether oxygens (including phenoxy) is 1. The number of methoxy groups -OCH3 is 1. The molecule has 0 saturated carbocycles. The van der Waals surface area contributed by atoms with Gasteiger partial charge in [0.25, 0.3) is 5.91 Å². The fraction of sp³-hybridized carbons (Fsp3) is 0.375. The van der Waals surface area contributed by atoms with Crippen molar-refractivity contribution in [2.24, 2.45) is 0 Å². The highest BCUT2D eigenvalue weighted by Gasteiger charge is 2.45. The second kappa shape index (κ2) is 12.4. The Morgan fingerprint density at radius 1 is 0.902 bits per heavy atom. The molecule has 1 saturated heterocycles. The van der Waals surface area contributed by atoms with E-state index in [-0.39, 0.29) is 24.3 Å². The van der Waals surface area contributed by atoms with Gasteiger partial charge >= 0.3 is 12.0 Å². The highest BCUT2D eigenvalue weighted by atomic mass is 16.5. The molecule has 0 aromatic heterocycles. The van der Waals surface area contributed by atoms with Crippen molar-refractivity contribution >= 4 is 46.0 Å². The van der Waals surface area contributed by atoms with E-state index in [1.807, 2.05) is 64.1 Å². The molecule has 1 aliphatic rings. The molecule has 1 heterocycles. The van der Waals surface area contributed by atoms with Crippen LogP contribution in [0.1, 0.15) is 59.7 Å². The highest BCUT2D eigenvalue weighted by molar-refractivity contribution is 6.10. The normalized spacial score (nSPS) is 14.3. The van der Waals surface area contributed by atoms with Crippen molar-refractivity contribution in [3.63, 3.8) is 0 Å². The maximum atomic E-state index is 13.8. The molecule has 0 atom stereocenters. The molecule has 4 rings (SSSR count). The second-order valence-electron chi connectivity index (χ2n) is 10.8. The lowest BCUT2D eigenvalue weighted by atomic mass is 9.86. The van der Waals surface area contributed by atoms with E-state index in [2.05, 4.69) is 16.0 Å². The monoisotopic (exact) mass is 558 g/mol. The Morgan fingerprint density at radius 2 is 1.51 bits per heavy atom. The second-order valence-corrected chi connectivity index (χ2v) is 10.8. The first-order valence-electron chi connectivity index (χ1n) is 13.9. The first-order chi connectivity index (χ1) is 19.6. The minimum Gasteiger partial charge on any atom is -0.467 e. The minimum atomic E-state index is -1.30. The van der Waals surface area contributed by atoms with Crippen LogP contribution in [0.5, 0.6) is 0 Å². The first kappa shape index (κ1) is 29.6. The smallest absolute Gasteiger partial charge is 0.331 e. The maximum Gasteiger partial charge on any atom is 0.331 e. The summed E-state index contributed by atoms with van der Waals surface area (Å²) in [6.45, 7) is 8.45. The van der Waals surface area contributed by atoms with Crippen molar-refractivity contribution in [2.45, 2.75) is 58.9 Å². The number of amides is 4. The van der Waals surface area contributed by atoms with E-state index in [0.29, 0.717) is 30.9 Å². The third-order valence-electron chi connectivity index (χ3n) is 7.66. The molecule has 3 aromatic rings. The van der Waals surface area contributed by atoms with Gasteiger partial charge in [0, 0.05) is 25.2 Å². The number of likely N-dealkylation sites (tertiary alicyclic amines) is 1. The number of rotatable bonds is 7. The molecule has 1 fully saturated rings. The molecule has 0 aliphatic carbocycles.